The van der Waals surface area contributed by atoms with Crippen LogP contribution in [0, 0.1) is 0 Å². The molecule has 1 aromatic heterocycles. The predicted molar refractivity (Wildman–Crippen MR) is 57.3 cm³/mol. The highest BCUT2D eigenvalue weighted by Crippen LogP contribution is 2.15. The molecule has 4 nitrogen and oxygen atoms in total. The third kappa shape index (κ3) is 2.07. The summed E-state index contributed by atoms with van der Waals surface area (Å²) >= 11 is 0. The Kier molecular flexibility index (Phi) is 2.72. The zero-order chi connectivity index (χ0) is 9.97. The van der Waals surface area contributed by atoms with E-state index in [0.717, 1.165) is 12.2 Å². The number of likely N-dealkylation sites (N-methyl/N-ethyl adjacent to an activating group) is 1. The number of rotatable bonds is 3. The summed E-state index contributed by atoms with van der Waals surface area (Å²) in [6.07, 6.45) is 6.52. The van der Waals surface area contributed by atoms with Crippen molar-refractivity contribution in [1.29, 1.82) is 0 Å². The Morgan fingerprint density at radius 1 is 1.57 bits per heavy atom. The van der Waals surface area contributed by atoms with Gasteiger partial charge in [0.1, 0.15) is 0 Å². The third-order valence-electron chi connectivity index (χ3n) is 2.92. The van der Waals surface area contributed by atoms with Crippen LogP contribution in [0.2, 0.25) is 0 Å². The maximum Gasteiger partial charge on any atom is 0.0726 e. The fraction of sp³-hybridized carbons (Fsp3) is 0.700. The molecular weight excluding hydrogens is 176 g/mol. The highest BCUT2D eigenvalue weighted by atomic mass is 15.3. The van der Waals surface area contributed by atoms with Gasteiger partial charge in [-0.3, -0.25) is 4.68 Å². The van der Waals surface area contributed by atoms with Crippen molar-refractivity contribution in [2.24, 2.45) is 7.05 Å². The number of nitrogens with zero attached hydrogens (tertiary/aromatic N) is 3. The first-order valence-corrected chi connectivity index (χ1v) is 5.18. The molecule has 1 aromatic rings. The normalized spacial score (nSPS) is 22.9. The largest absolute Gasteiger partial charge is 0.381 e. The molecule has 1 N–H and O–H groups in total. The van der Waals surface area contributed by atoms with Gasteiger partial charge < -0.3 is 10.2 Å². The Morgan fingerprint density at radius 2 is 2.43 bits per heavy atom. The zero-order valence-electron chi connectivity index (χ0n) is 8.90. The summed E-state index contributed by atoms with van der Waals surface area (Å²) < 4.78 is 1.82. The third-order valence-corrected chi connectivity index (χ3v) is 2.92. The number of anilines is 1. The van der Waals surface area contributed by atoms with Crippen LogP contribution >= 0.6 is 0 Å². The van der Waals surface area contributed by atoms with E-state index in [1.165, 1.54) is 19.4 Å². The maximum absolute atomic E-state index is 4.12. The van der Waals surface area contributed by atoms with Crippen LogP contribution in [-0.2, 0) is 7.05 Å². The molecule has 0 bridgehead atoms. The van der Waals surface area contributed by atoms with Gasteiger partial charge in [-0.2, -0.15) is 5.10 Å². The molecule has 0 aliphatic carbocycles. The van der Waals surface area contributed by atoms with Gasteiger partial charge in [-0.1, -0.05) is 0 Å². The zero-order valence-corrected chi connectivity index (χ0v) is 8.90. The van der Waals surface area contributed by atoms with E-state index in [-0.39, 0.29) is 0 Å². The van der Waals surface area contributed by atoms with E-state index < -0.39 is 0 Å². The van der Waals surface area contributed by atoms with Crippen LogP contribution in [0.3, 0.4) is 0 Å². The highest BCUT2D eigenvalue weighted by Gasteiger charge is 2.20. The van der Waals surface area contributed by atoms with Gasteiger partial charge in [-0.25, -0.2) is 0 Å². The second kappa shape index (κ2) is 4.00. The number of nitrogens with one attached hydrogen (secondary N) is 1. The predicted octanol–water partition coefficient (Wildman–Crippen LogP) is 0.926. The van der Waals surface area contributed by atoms with E-state index in [9.17, 15) is 0 Å². The van der Waals surface area contributed by atoms with Gasteiger partial charge in [0.25, 0.3) is 0 Å². The molecule has 14 heavy (non-hydrogen) atoms. The van der Waals surface area contributed by atoms with E-state index in [0.29, 0.717) is 6.04 Å². The molecule has 1 aliphatic heterocycles. The van der Waals surface area contributed by atoms with Crippen LogP contribution in [0.1, 0.15) is 12.8 Å². The lowest BCUT2D eigenvalue weighted by molar-refractivity contribution is 0.322. The summed E-state index contributed by atoms with van der Waals surface area (Å²) in [5.41, 5.74) is 1.12. The molecule has 0 radical (unpaired) electrons. The first-order valence-electron chi connectivity index (χ1n) is 5.18. The van der Waals surface area contributed by atoms with Crippen molar-refractivity contribution in [3.05, 3.63) is 12.4 Å². The smallest absolute Gasteiger partial charge is 0.0726 e. The van der Waals surface area contributed by atoms with Crippen molar-refractivity contribution in [3.63, 3.8) is 0 Å². The maximum atomic E-state index is 4.12. The fourth-order valence-corrected chi connectivity index (χ4v) is 1.99. The van der Waals surface area contributed by atoms with Crippen LogP contribution in [0.15, 0.2) is 12.4 Å². The number of likely N-dealkylation sites (tertiary alicyclic amines) is 1. The fourth-order valence-electron chi connectivity index (χ4n) is 1.99. The highest BCUT2D eigenvalue weighted by molar-refractivity contribution is 5.38. The first-order chi connectivity index (χ1) is 6.75. The summed E-state index contributed by atoms with van der Waals surface area (Å²) in [6.45, 7) is 2.27. The average Bonchev–Trinajstić information content (AvgIpc) is 2.72. The van der Waals surface area contributed by atoms with Crippen LogP contribution < -0.4 is 5.32 Å². The minimum atomic E-state index is 0.690. The molecule has 4 heteroatoms. The van der Waals surface area contributed by atoms with Crippen LogP contribution in [0.4, 0.5) is 5.69 Å². The van der Waals surface area contributed by atoms with Gasteiger partial charge in [-0.05, 0) is 26.4 Å². The van der Waals surface area contributed by atoms with Gasteiger partial charge in [-0.15, -0.1) is 0 Å². The molecule has 0 amide bonds. The molecule has 1 fully saturated rings. The Morgan fingerprint density at radius 3 is 3.00 bits per heavy atom. The molecule has 1 aliphatic rings. The van der Waals surface area contributed by atoms with Crippen molar-refractivity contribution in [3.8, 4) is 0 Å². The van der Waals surface area contributed by atoms with E-state index in [1.807, 2.05) is 24.1 Å². The standard InChI is InChI=1S/C10H18N4/c1-13-5-3-4-10(13)7-11-9-6-12-14(2)8-9/h6,8,10-11H,3-5,7H2,1-2H3. The van der Waals surface area contributed by atoms with Crippen molar-refractivity contribution >= 4 is 5.69 Å². The summed E-state index contributed by atoms with van der Waals surface area (Å²) in [5.74, 6) is 0. The summed E-state index contributed by atoms with van der Waals surface area (Å²) in [4.78, 5) is 2.42. The molecule has 2 rings (SSSR count). The topological polar surface area (TPSA) is 33.1 Å². The Hall–Kier alpha value is -1.03. The Bertz CT molecular complexity index is 294. The first kappa shape index (κ1) is 9.52. The minimum absolute atomic E-state index is 0.690. The molecule has 78 valence electrons. The quantitative estimate of drug-likeness (QED) is 0.777. The van der Waals surface area contributed by atoms with Crippen LogP contribution in [0.25, 0.3) is 0 Å². The average molecular weight is 194 g/mol. The van der Waals surface area contributed by atoms with Crippen LogP contribution in [-0.4, -0.2) is 40.9 Å². The van der Waals surface area contributed by atoms with Gasteiger partial charge >= 0.3 is 0 Å². The van der Waals surface area contributed by atoms with Crippen molar-refractivity contribution in [2.45, 2.75) is 18.9 Å². The number of aryl methyl sites for hydroxylation is 1. The molecule has 0 spiro atoms. The monoisotopic (exact) mass is 194 g/mol. The minimum Gasteiger partial charge on any atom is -0.381 e. The summed E-state index contributed by atoms with van der Waals surface area (Å²) in [5, 5.41) is 7.53. The van der Waals surface area contributed by atoms with E-state index in [2.05, 4.69) is 22.4 Å². The van der Waals surface area contributed by atoms with Crippen LogP contribution in [0.5, 0.6) is 0 Å². The molecule has 0 aromatic carbocycles. The lowest BCUT2D eigenvalue weighted by Gasteiger charge is -2.19. The molecule has 2 heterocycles. The molecule has 1 atom stereocenters. The second-order valence-electron chi connectivity index (χ2n) is 4.06. The SMILES string of the molecule is CN1CCCC1CNc1cnn(C)c1. The summed E-state index contributed by atoms with van der Waals surface area (Å²) in [7, 11) is 4.13. The summed E-state index contributed by atoms with van der Waals surface area (Å²) in [6, 6.07) is 0.690. The number of hydrogen-bond acceptors (Lipinski definition) is 3. The molecular formula is C10H18N4. The molecule has 0 saturated carbocycles. The van der Waals surface area contributed by atoms with Gasteiger partial charge in [0.15, 0.2) is 0 Å². The van der Waals surface area contributed by atoms with E-state index in [4.69, 9.17) is 0 Å². The van der Waals surface area contributed by atoms with Crippen molar-refractivity contribution < 1.29 is 0 Å². The Balaban J connectivity index is 1.82. The Labute approximate surface area is 84.9 Å². The van der Waals surface area contributed by atoms with E-state index >= 15 is 0 Å². The van der Waals surface area contributed by atoms with Gasteiger partial charge in [0, 0.05) is 25.8 Å². The van der Waals surface area contributed by atoms with Gasteiger partial charge in [0.2, 0.25) is 0 Å². The van der Waals surface area contributed by atoms with Gasteiger partial charge in [0.05, 0.1) is 11.9 Å². The number of aromatic nitrogens is 2. The molecule has 1 unspecified atom stereocenters. The van der Waals surface area contributed by atoms with Crippen molar-refractivity contribution in [1.82, 2.24) is 14.7 Å². The van der Waals surface area contributed by atoms with Crippen molar-refractivity contribution in [2.75, 3.05) is 25.5 Å². The molecule has 1 saturated heterocycles. The lowest BCUT2D eigenvalue weighted by Crippen LogP contribution is -2.31. The lowest BCUT2D eigenvalue weighted by atomic mass is 10.2. The van der Waals surface area contributed by atoms with E-state index in [1.54, 1.807) is 0 Å². The second-order valence-corrected chi connectivity index (χ2v) is 4.06. The number of hydrogen-bond donors (Lipinski definition) is 1.